The number of amides is 1. The lowest BCUT2D eigenvalue weighted by Crippen LogP contribution is -2.48. The molecule has 4 rings (SSSR count). The topological polar surface area (TPSA) is 49.6 Å². The zero-order valence-electron chi connectivity index (χ0n) is 14.2. The summed E-state index contributed by atoms with van der Waals surface area (Å²) in [7, 11) is 0. The van der Waals surface area contributed by atoms with Crippen LogP contribution in [0.3, 0.4) is 0 Å². The van der Waals surface area contributed by atoms with Crippen molar-refractivity contribution >= 4 is 29.7 Å². The van der Waals surface area contributed by atoms with Crippen LogP contribution in [0, 0.1) is 0 Å². The Bertz CT molecular complexity index is 828. The smallest absolute Gasteiger partial charge is 0.276 e. The van der Waals surface area contributed by atoms with E-state index < -0.39 is 0 Å². The Kier molecular flexibility index (Phi) is 6.08. The first-order valence-corrected chi connectivity index (χ1v) is 9.29. The first kappa shape index (κ1) is 18.6. The Morgan fingerprint density at radius 1 is 1.12 bits per heavy atom. The lowest BCUT2D eigenvalue weighted by Gasteiger charge is -2.34. The average Bonchev–Trinajstić information content (AvgIpc) is 3.34. The van der Waals surface area contributed by atoms with E-state index in [-0.39, 0.29) is 18.3 Å². The van der Waals surface area contributed by atoms with Crippen molar-refractivity contribution in [1.29, 1.82) is 0 Å². The summed E-state index contributed by atoms with van der Waals surface area (Å²) in [5.74, 6) is 0.571. The second-order valence-electron chi connectivity index (χ2n) is 6.14. The molecule has 2 aromatic heterocycles. The molecule has 0 radical (unpaired) electrons. The van der Waals surface area contributed by atoms with Crippen molar-refractivity contribution in [2.75, 3.05) is 26.2 Å². The van der Waals surface area contributed by atoms with Crippen molar-refractivity contribution in [1.82, 2.24) is 15.0 Å². The number of rotatable bonds is 4. The van der Waals surface area contributed by atoms with Gasteiger partial charge in [0.1, 0.15) is 0 Å². The third-order valence-electron chi connectivity index (χ3n) is 4.43. The molecule has 136 valence electrons. The molecule has 0 aliphatic carbocycles. The lowest BCUT2D eigenvalue weighted by molar-refractivity contribution is 0.0618. The number of aromatic nitrogens is 1. The minimum absolute atomic E-state index is 0. The molecule has 0 saturated carbocycles. The normalized spacial score (nSPS) is 14.8. The Morgan fingerprint density at radius 3 is 2.58 bits per heavy atom. The molecule has 3 heterocycles. The Morgan fingerprint density at radius 2 is 1.88 bits per heavy atom. The number of nitrogens with zero attached hydrogens (tertiary/aromatic N) is 3. The van der Waals surface area contributed by atoms with Crippen LogP contribution >= 0.6 is 23.7 Å². The fourth-order valence-corrected chi connectivity index (χ4v) is 3.69. The maximum Gasteiger partial charge on any atom is 0.276 e. The molecule has 0 unspecified atom stereocenters. The standard InChI is InChI=1S/C19H19N3O2S.ClH/c23-19(17-12-18(24-20-17)16-4-2-1-3-5-16)22-9-7-21(8-10-22)13-15-6-11-25-14-15;/h1-6,11-12,14H,7-10,13H2;1H. The molecule has 7 heteroatoms. The molecule has 26 heavy (non-hydrogen) atoms. The SMILES string of the molecule is Cl.O=C(c1cc(-c2ccccc2)on1)N1CCN(Cc2ccsc2)CC1. The van der Waals surface area contributed by atoms with Gasteiger partial charge in [0.15, 0.2) is 11.5 Å². The summed E-state index contributed by atoms with van der Waals surface area (Å²) in [4.78, 5) is 16.9. The number of carbonyl (C=O) groups is 1. The maximum atomic E-state index is 12.7. The Hall–Kier alpha value is -2.15. The zero-order valence-corrected chi connectivity index (χ0v) is 15.8. The van der Waals surface area contributed by atoms with Gasteiger partial charge in [-0.3, -0.25) is 9.69 Å². The van der Waals surface area contributed by atoms with E-state index in [1.54, 1.807) is 17.4 Å². The van der Waals surface area contributed by atoms with Gasteiger partial charge in [0.05, 0.1) is 0 Å². The molecule has 0 N–H and O–H groups in total. The van der Waals surface area contributed by atoms with Crippen LogP contribution in [0.1, 0.15) is 16.1 Å². The van der Waals surface area contributed by atoms with E-state index >= 15 is 0 Å². The lowest BCUT2D eigenvalue weighted by atomic mass is 10.1. The van der Waals surface area contributed by atoms with Crippen LogP contribution in [0.2, 0.25) is 0 Å². The summed E-state index contributed by atoms with van der Waals surface area (Å²) in [6.45, 7) is 4.15. The van der Waals surface area contributed by atoms with Crippen LogP contribution in [0.25, 0.3) is 11.3 Å². The molecular weight excluding hydrogens is 370 g/mol. The Labute approximate surface area is 162 Å². The summed E-state index contributed by atoms with van der Waals surface area (Å²) < 4.78 is 5.35. The monoisotopic (exact) mass is 389 g/mol. The summed E-state index contributed by atoms with van der Waals surface area (Å²) in [5.41, 5.74) is 2.65. The maximum absolute atomic E-state index is 12.7. The third-order valence-corrected chi connectivity index (χ3v) is 5.17. The van der Waals surface area contributed by atoms with Crippen LogP contribution < -0.4 is 0 Å². The van der Waals surface area contributed by atoms with Crippen LogP contribution in [0.15, 0.2) is 57.7 Å². The minimum Gasteiger partial charge on any atom is -0.355 e. The molecule has 1 aliphatic heterocycles. The van der Waals surface area contributed by atoms with Crippen molar-refractivity contribution in [2.45, 2.75) is 6.54 Å². The van der Waals surface area contributed by atoms with E-state index in [1.165, 1.54) is 5.56 Å². The molecule has 0 spiro atoms. The highest BCUT2D eigenvalue weighted by molar-refractivity contribution is 7.07. The predicted molar refractivity (Wildman–Crippen MR) is 105 cm³/mol. The fraction of sp³-hybridized carbons (Fsp3) is 0.263. The zero-order chi connectivity index (χ0) is 17.1. The van der Waals surface area contributed by atoms with Gasteiger partial charge in [-0.2, -0.15) is 11.3 Å². The first-order valence-electron chi connectivity index (χ1n) is 8.34. The number of carbonyl (C=O) groups excluding carboxylic acids is 1. The second-order valence-corrected chi connectivity index (χ2v) is 6.92. The van der Waals surface area contributed by atoms with Gasteiger partial charge in [0, 0.05) is 44.4 Å². The van der Waals surface area contributed by atoms with Crippen molar-refractivity contribution in [3.8, 4) is 11.3 Å². The number of hydrogen-bond donors (Lipinski definition) is 0. The van der Waals surface area contributed by atoms with Gasteiger partial charge in [-0.15, -0.1) is 12.4 Å². The number of piperazine rings is 1. The quantitative estimate of drug-likeness (QED) is 0.681. The van der Waals surface area contributed by atoms with Crippen LogP contribution in [0.5, 0.6) is 0 Å². The van der Waals surface area contributed by atoms with Gasteiger partial charge in [-0.25, -0.2) is 0 Å². The molecule has 1 amide bonds. The summed E-state index contributed by atoms with van der Waals surface area (Å²) in [5, 5.41) is 8.25. The predicted octanol–water partition coefficient (Wildman–Crippen LogP) is 3.78. The molecule has 1 aromatic carbocycles. The number of halogens is 1. The molecule has 5 nitrogen and oxygen atoms in total. The van der Waals surface area contributed by atoms with E-state index in [1.807, 2.05) is 35.2 Å². The van der Waals surface area contributed by atoms with Gasteiger partial charge in [0.25, 0.3) is 5.91 Å². The van der Waals surface area contributed by atoms with Crippen molar-refractivity contribution < 1.29 is 9.32 Å². The minimum atomic E-state index is -0.0545. The Balaban J connectivity index is 0.00000196. The van der Waals surface area contributed by atoms with Gasteiger partial charge < -0.3 is 9.42 Å². The highest BCUT2D eigenvalue weighted by atomic mass is 35.5. The molecule has 0 bridgehead atoms. The van der Waals surface area contributed by atoms with E-state index in [2.05, 4.69) is 26.9 Å². The second kappa shape index (κ2) is 8.49. The summed E-state index contributed by atoms with van der Waals surface area (Å²) >= 11 is 1.72. The van der Waals surface area contributed by atoms with Crippen LogP contribution in [-0.4, -0.2) is 47.0 Å². The molecule has 1 aliphatic rings. The average molecular weight is 390 g/mol. The van der Waals surface area contributed by atoms with E-state index in [9.17, 15) is 4.79 Å². The molecule has 1 saturated heterocycles. The van der Waals surface area contributed by atoms with Crippen LogP contribution in [-0.2, 0) is 6.54 Å². The van der Waals surface area contributed by atoms with Crippen LogP contribution in [0.4, 0.5) is 0 Å². The van der Waals surface area contributed by atoms with Gasteiger partial charge >= 0.3 is 0 Å². The number of hydrogen-bond acceptors (Lipinski definition) is 5. The summed E-state index contributed by atoms with van der Waals surface area (Å²) in [6.07, 6.45) is 0. The van der Waals surface area contributed by atoms with Crippen molar-refractivity contribution in [3.05, 3.63) is 64.5 Å². The van der Waals surface area contributed by atoms with Crippen molar-refractivity contribution in [2.24, 2.45) is 0 Å². The van der Waals surface area contributed by atoms with Crippen molar-refractivity contribution in [3.63, 3.8) is 0 Å². The first-order chi connectivity index (χ1) is 12.3. The number of thiophene rings is 1. The molecule has 1 fully saturated rings. The molecule has 0 atom stereocenters. The van der Waals surface area contributed by atoms with Gasteiger partial charge in [0.2, 0.25) is 0 Å². The van der Waals surface area contributed by atoms with E-state index in [4.69, 9.17) is 4.52 Å². The fourth-order valence-electron chi connectivity index (χ4n) is 3.03. The van der Waals surface area contributed by atoms with E-state index in [0.29, 0.717) is 11.5 Å². The number of benzene rings is 1. The summed E-state index contributed by atoms with van der Waals surface area (Å²) in [6, 6.07) is 13.6. The largest absolute Gasteiger partial charge is 0.355 e. The van der Waals surface area contributed by atoms with Gasteiger partial charge in [-0.1, -0.05) is 35.5 Å². The molecular formula is C19H20ClN3O2S. The van der Waals surface area contributed by atoms with Gasteiger partial charge in [-0.05, 0) is 22.4 Å². The highest BCUT2D eigenvalue weighted by Crippen LogP contribution is 2.21. The highest BCUT2D eigenvalue weighted by Gasteiger charge is 2.24. The van der Waals surface area contributed by atoms with E-state index in [0.717, 1.165) is 38.3 Å². The third kappa shape index (κ3) is 4.15. The molecule has 3 aromatic rings.